The summed E-state index contributed by atoms with van der Waals surface area (Å²) in [5, 5.41) is 27.8. The van der Waals surface area contributed by atoms with Gasteiger partial charge in [0.2, 0.25) is 0 Å². The number of ether oxygens (including phenoxy) is 4. The van der Waals surface area contributed by atoms with Crippen LogP contribution in [0.4, 0.5) is 0 Å². The number of carbonyl (C=O) groups excluding carboxylic acids is 2. The van der Waals surface area contributed by atoms with Crippen molar-refractivity contribution in [1.29, 1.82) is 0 Å². The first-order valence-corrected chi connectivity index (χ1v) is 29.8. The van der Waals surface area contributed by atoms with Gasteiger partial charge in [0.05, 0.1) is 13.2 Å². The Kier molecular flexibility index (Phi) is 12.5. The van der Waals surface area contributed by atoms with E-state index in [0.717, 1.165) is 0 Å². The molecular weight excluding hydrogens is 824 g/mol. The van der Waals surface area contributed by atoms with Crippen LogP contribution in [0, 0.1) is 5.92 Å². The average Bonchev–Trinajstić information content (AvgIpc) is 3.43. The number of esters is 1. The minimum atomic E-state index is -2.77. The number of carbonyl (C=O) groups is 2. The molecule has 0 amide bonds. The van der Waals surface area contributed by atoms with Crippen LogP contribution < -0.4 is 0 Å². The highest BCUT2D eigenvalue weighted by atomic mass is 35.5. The molecule has 1 fully saturated rings. The lowest BCUT2D eigenvalue weighted by molar-refractivity contribution is -0.228. The van der Waals surface area contributed by atoms with E-state index in [1.807, 2.05) is 6.07 Å². The Morgan fingerprint density at radius 1 is 0.814 bits per heavy atom. The molecule has 4 bridgehead atoms. The van der Waals surface area contributed by atoms with Gasteiger partial charge in [0, 0.05) is 41.9 Å². The van der Waals surface area contributed by atoms with E-state index in [9.17, 15) is 19.8 Å². The van der Waals surface area contributed by atoms with Crippen molar-refractivity contribution in [2.75, 3.05) is 27.9 Å². The number of methoxy groups -OCH3 is 3. The van der Waals surface area contributed by atoms with Crippen LogP contribution >= 0.6 is 11.6 Å². The summed E-state index contributed by atoms with van der Waals surface area (Å²) in [6.07, 6.45) is -2.96. The first kappa shape index (κ1) is 48.3. The maximum atomic E-state index is 14.4. The minimum absolute atomic E-state index is 0.0378. The molecule has 4 aliphatic rings. The van der Waals surface area contributed by atoms with Crippen LogP contribution in [0.1, 0.15) is 105 Å². The van der Waals surface area contributed by atoms with Gasteiger partial charge in [0.25, 0.3) is 0 Å². The van der Waals surface area contributed by atoms with E-state index in [2.05, 4.69) is 102 Å². The van der Waals surface area contributed by atoms with Gasteiger partial charge in [-0.1, -0.05) is 73.9 Å². The van der Waals surface area contributed by atoms with Gasteiger partial charge in [-0.3, -0.25) is 4.79 Å². The molecule has 0 aromatic heterocycles. The van der Waals surface area contributed by atoms with Gasteiger partial charge in [-0.15, -0.1) is 0 Å². The first-order valence-electron chi connectivity index (χ1n) is 20.7. The lowest BCUT2D eigenvalue weighted by atomic mass is 9.67. The smallest absolute Gasteiger partial charge is 0.340 e. The number of Topliss-reactive ketones (excluding diaryl/α,β-unsaturated/α-hetero) is 1. The Labute approximate surface area is 360 Å². The number of ketones is 1. The zero-order valence-electron chi connectivity index (χ0n) is 39.0. The number of aliphatic hydroxyl groups is 2. The van der Waals surface area contributed by atoms with Gasteiger partial charge in [-0.2, -0.15) is 0 Å². The van der Waals surface area contributed by atoms with Gasteiger partial charge in [-0.05, 0) is 97.1 Å². The molecule has 1 aromatic carbocycles. The Morgan fingerprint density at radius 2 is 1.34 bits per heavy atom. The van der Waals surface area contributed by atoms with Crippen molar-refractivity contribution < 1.29 is 52.0 Å². The molecular formula is C44H71ClO11Si3. The zero-order chi connectivity index (χ0) is 45.1. The molecule has 11 nitrogen and oxygen atoms in total. The molecule has 0 radical (unpaired) electrons. The summed E-state index contributed by atoms with van der Waals surface area (Å²) in [4.78, 5) is 28.6. The molecule has 3 aliphatic carbocycles. The fourth-order valence-corrected chi connectivity index (χ4v) is 12.8. The highest BCUT2D eigenvalue weighted by Crippen LogP contribution is 2.70. The molecule has 59 heavy (non-hydrogen) atoms. The second-order valence-corrected chi connectivity index (χ2v) is 36.3. The quantitative estimate of drug-likeness (QED) is 0.181. The number of rotatable bonds is 9. The monoisotopic (exact) mass is 894 g/mol. The predicted molar refractivity (Wildman–Crippen MR) is 237 cm³/mol. The molecule has 1 saturated carbocycles. The maximum Gasteiger partial charge on any atom is 0.340 e. The molecule has 2 N–H and O–H groups in total. The highest BCUT2D eigenvalue weighted by Gasteiger charge is 2.79. The average molecular weight is 896 g/mol. The summed E-state index contributed by atoms with van der Waals surface area (Å²) < 4.78 is 46.2. The third-order valence-corrected chi connectivity index (χ3v) is 28.9. The Balaban J connectivity index is 1.99. The molecule has 1 aromatic rings. The third-order valence-electron chi connectivity index (χ3n) is 15.2. The van der Waals surface area contributed by atoms with Gasteiger partial charge in [-0.25, -0.2) is 4.79 Å². The summed E-state index contributed by atoms with van der Waals surface area (Å²) in [5.74, 6) is -2.30. The maximum absolute atomic E-state index is 14.4. The van der Waals surface area contributed by atoms with Crippen LogP contribution in [0.5, 0.6) is 0 Å². The zero-order valence-corrected chi connectivity index (χ0v) is 42.7. The molecule has 0 saturated heterocycles. The van der Waals surface area contributed by atoms with Crippen LogP contribution in [-0.2, 0) is 47.4 Å². The van der Waals surface area contributed by atoms with E-state index in [0.29, 0.717) is 16.7 Å². The van der Waals surface area contributed by atoms with Crippen LogP contribution in [0.25, 0.3) is 0 Å². The van der Waals surface area contributed by atoms with Crippen molar-refractivity contribution in [3.05, 3.63) is 56.8 Å². The fraction of sp³-hybridized carbons (Fsp3) is 0.727. The number of hydrogen-bond acceptors (Lipinski definition) is 11. The number of fused-ring (bicyclic) bond motifs is 3. The van der Waals surface area contributed by atoms with Crippen molar-refractivity contribution in [3.8, 4) is 0 Å². The van der Waals surface area contributed by atoms with E-state index in [1.165, 1.54) is 27.4 Å². The van der Waals surface area contributed by atoms with Gasteiger partial charge >= 0.3 is 5.97 Å². The van der Waals surface area contributed by atoms with Gasteiger partial charge in [0.15, 0.2) is 42.4 Å². The van der Waals surface area contributed by atoms with Crippen molar-refractivity contribution in [2.45, 2.75) is 171 Å². The summed E-state index contributed by atoms with van der Waals surface area (Å²) >= 11 is 7.51. The van der Waals surface area contributed by atoms with Crippen LogP contribution in [0.15, 0.2) is 35.1 Å². The Bertz CT molecular complexity index is 1920. The second kappa shape index (κ2) is 15.2. The second-order valence-electron chi connectivity index (χ2n) is 21.7. The van der Waals surface area contributed by atoms with Crippen LogP contribution in [-0.4, -0.2) is 98.3 Å². The van der Waals surface area contributed by atoms with E-state index in [-0.39, 0.29) is 50.1 Å². The largest absolute Gasteiger partial charge is 0.497 e. The van der Waals surface area contributed by atoms with Crippen molar-refractivity contribution in [2.24, 2.45) is 5.92 Å². The molecule has 1 heterocycles. The van der Waals surface area contributed by atoms with Crippen molar-refractivity contribution >= 4 is 48.3 Å². The topological polar surface area (TPSA) is 139 Å². The summed E-state index contributed by atoms with van der Waals surface area (Å²) in [7, 11) is -3.85. The number of halogens is 1. The molecule has 0 spiro atoms. The standard InChI is InChI=1S/C44H71ClO11Si3/c1-25-34(46)27-23-42(52-13,36(25)51-12)31-22-32(55-58(16,17)40(5,6)7)44(49)37(56-59(18,19)41(8,9)10)33-28(43(31,44)48)20-26(21-29(33)45)30(24-53-38(47)35(27)50-11)54-57(14,15)39(2,3)4/h20-21,23,30-32,35,37,48-49H,22,24H2,1-19H3/t30-,31-,32+,35+,37+,42?,43-,44-/m0/s1. The lowest BCUT2D eigenvalue weighted by Crippen LogP contribution is -2.62. The Hall–Kier alpha value is -1.70. The molecule has 5 rings (SSSR count). The predicted octanol–water partition coefficient (Wildman–Crippen LogP) is 9.19. The van der Waals surface area contributed by atoms with Gasteiger partial charge in [0.1, 0.15) is 35.8 Å². The molecule has 8 atom stereocenters. The van der Waals surface area contributed by atoms with E-state index >= 15 is 0 Å². The van der Waals surface area contributed by atoms with Crippen LogP contribution in [0.2, 0.25) is 59.4 Å². The van der Waals surface area contributed by atoms with Crippen LogP contribution in [0.3, 0.4) is 0 Å². The number of benzene rings is 1. The summed E-state index contributed by atoms with van der Waals surface area (Å²) in [6.45, 7) is 33.0. The minimum Gasteiger partial charge on any atom is -0.497 e. The fourth-order valence-electron chi connectivity index (χ4n) is 8.61. The highest BCUT2D eigenvalue weighted by molar-refractivity contribution is 6.75. The van der Waals surface area contributed by atoms with Gasteiger partial charge < -0.3 is 42.4 Å². The van der Waals surface area contributed by atoms with E-state index < -0.39 is 83.8 Å². The molecule has 332 valence electrons. The number of hydrogen-bond donors (Lipinski definition) is 2. The summed E-state index contributed by atoms with van der Waals surface area (Å²) in [5.41, 5.74) is -4.74. The van der Waals surface area contributed by atoms with E-state index in [4.69, 9.17) is 43.8 Å². The number of allylic oxidation sites excluding steroid dienone is 1. The number of cyclic esters (lactones) is 1. The SMILES string of the molecule is COC1=C(C)C(=O)C2=CC1(OC)[C@@H]1C[C@@H](O[Si](C)(C)C(C)(C)C)[C@]3(O)[C@H](O[Si](C)(C)C(C)(C)C)c4c(Cl)cc(cc4[C@]13O)[C@@H](O[Si](C)(C)C(C)(C)C)COC(=O)[C@@H]2OC. The first-order chi connectivity index (χ1) is 26.6. The third kappa shape index (κ3) is 7.35. The normalized spacial score (nSPS) is 32.0. The molecule has 15 heteroatoms. The van der Waals surface area contributed by atoms with Crippen molar-refractivity contribution in [3.63, 3.8) is 0 Å². The van der Waals surface area contributed by atoms with E-state index in [1.54, 1.807) is 13.0 Å². The Morgan fingerprint density at radius 3 is 1.83 bits per heavy atom. The van der Waals surface area contributed by atoms with Crippen molar-refractivity contribution in [1.82, 2.24) is 0 Å². The molecule has 1 aliphatic heterocycles. The lowest BCUT2D eigenvalue weighted by Gasteiger charge is -2.49. The molecule has 1 unspecified atom stereocenters. The summed E-state index contributed by atoms with van der Waals surface area (Å²) in [6, 6.07) is 3.60.